The van der Waals surface area contributed by atoms with Crippen molar-refractivity contribution in [1.82, 2.24) is 10.2 Å². The highest BCUT2D eigenvalue weighted by Crippen LogP contribution is 2.35. The van der Waals surface area contributed by atoms with Crippen molar-refractivity contribution in [3.63, 3.8) is 0 Å². The molecule has 19 heavy (non-hydrogen) atoms. The molecule has 1 fully saturated rings. The molecule has 110 valence electrons. The summed E-state index contributed by atoms with van der Waals surface area (Å²) in [6, 6.07) is -0.115. The van der Waals surface area contributed by atoms with E-state index >= 15 is 0 Å². The highest BCUT2D eigenvalue weighted by Gasteiger charge is 2.45. The smallest absolute Gasteiger partial charge is 0.317 e. The van der Waals surface area contributed by atoms with Gasteiger partial charge in [0.05, 0.1) is 5.41 Å². The fourth-order valence-corrected chi connectivity index (χ4v) is 2.69. The van der Waals surface area contributed by atoms with E-state index in [0.717, 1.165) is 25.7 Å². The maximum absolute atomic E-state index is 11.9. The Morgan fingerprint density at radius 1 is 1.26 bits per heavy atom. The molecule has 5 nitrogen and oxygen atoms in total. The number of aliphatic carboxylic acids is 1. The topological polar surface area (TPSA) is 69.6 Å². The highest BCUT2D eigenvalue weighted by atomic mass is 16.4. The molecule has 0 aromatic rings. The first-order chi connectivity index (χ1) is 9.05. The number of nitrogens with zero attached hydrogens (tertiary/aromatic N) is 1. The minimum atomic E-state index is -0.768. The molecule has 0 radical (unpaired) electrons. The van der Waals surface area contributed by atoms with Crippen LogP contribution in [0.2, 0.25) is 0 Å². The number of carboxylic acid groups (broad SMARTS) is 1. The molecular weight excluding hydrogens is 244 g/mol. The molecule has 0 aliphatic carbocycles. The lowest BCUT2D eigenvalue weighted by molar-refractivity contribution is -0.148. The molecule has 2 amide bonds. The van der Waals surface area contributed by atoms with Crippen LogP contribution < -0.4 is 5.32 Å². The molecule has 2 N–H and O–H groups in total. The predicted molar refractivity (Wildman–Crippen MR) is 74.1 cm³/mol. The van der Waals surface area contributed by atoms with E-state index < -0.39 is 11.4 Å². The number of unbranched alkanes of at least 4 members (excludes halogenated alkanes) is 2. The summed E-state index contributed by atoms with van der Waals surface area (Å²) in [5.41, 5.74) is -0.727. The zero-order chi connectivity index (χ0) is 14.3. The largest absolute Gasteiger partial charge is 0.481 e. The SMILES string of the molecule is CCCCCNC(=O)N1CCC(CCC)(C(=O)O)C1. The maximum atomic E-state index is 11.9. The molecule has 1 saturated heterocycles. The van der Waals surface area contributed by atoms with Crippen LogP contribution in [0.3, 0.4) is 0 Å². The second kappa shape index (κ2) is 7.36. The van der Waals surface area contributed by atoms with Crippen molar-refractivity contribution in [1.29, 1.82) is 0 Å². The highest BCUT2D eigenvalue weighted by molar-refractivity contribution is 5.79. The van der Waals surface area contributed by atoms with Crippen LogP contribution >= 0.6 is 0 Å². The van der Waals surface area contributed by atoms with Crippen LogP contribution in [0, 0.1) is 5.41 Å². The average molecular weight is 270 g/mol. The van der Waals surface area contributed by atoms with Gasteiger partial charge in [-0.15, -0.1) is 0 Å². The summed E-state index contributed by atoms with van der Waals surface area (Å²) >= 11 is 0. The van der Waals surface area contributed by atoms with E-state index in [9.17, 15) is 14.7 Å². The molecule has 5 heteroatoms. The van der Waals surface area contributed by atoms with E-state index in [1.165, 1.54) is 0 Å². The molecule has 1 unspecified atom stereocenters. The summed E-state index contributed by atoms with van der Waals surface area (Å²) in [4.78, 5) is 25.0. The molecule has 1 heterocycles. The second-order valence-electron chi connectivity index (χ2n) is 5.45. The van der Waals surface area contributed by atoms with Crippen LogP contribution in [0.1, 0.15) is 52.4 Å². The Labute approximate surface area is 115 Å². The van der Waals surface area contributed by atoms with E-state index in [2.05, 4.69) is 12.2 Å². The molecule has 1 aliphatic rings. The van der Waals surface area contributed by atoms with Gasteiger partial charge in [-0.2, -0.15) is 0 Å². The van der Waals surface area contributed by atoms with Gasteiger partial charge in [-0.05, 0) is 19.3 Å². The lowest BCUT2D eigenvalue weighted by atomic mass is 9.83. The van der Waals surface area contributed by atoms with Crippen molar-refractivity contribution in [2.45, 2.75) is 52.4 Å². The Morgan fingerprint density at radius 2 is 2.00 bits per heavy atom. The van der Waals surface area contributed by atoms with Gasteiger partial charge < -0.3 is 15.3 Å². The van der Waals surface area contributed by atoms with E-state index in [1.807, 2.05) is 6.92 Å². The zero-order valence-electron chi connectivity index (χ0n) is 12.1. The standard InChI is InChI=1S/C14H26N2O3/c1-3-5-6-9-15-13(19)16-10-8-14(11-16,7-4-2)12(17)18/h3-11H2,1-2H3,(H,15,19)(H,17,18). The summed E-state index contributed by atoms with van der Waals surface area (Å²) in [5.74, 6) is -0.768. The number of likely N-dealkylation sites (tertiary alicyclic amines) is 1. The minimum Gasteiger partial charge on any atom is -0.481 e. The van der Waals surface area contributed by atoms with E-state index in [1.54, 1.807) is 4.90 Å². The first-order valence-corrected chi connectivity index (χ1v) is 7.32. The first kappa shape index (κ1) is 15.8. The molecule has 1 aliphatic heterocycles. The number of carbonyl (C=O) groups is 2. The van der Waals surface area contributed by atoms with Crippen LogP contribution in [0.25, 0.3) is 0 Å². The summed E-state index contributed by atoms with van der Waals surface area (Å²) in [6.45, 7) is 5.67. The minimum absolute atomic E-state index is 0.115. The molecule has 0 bridgehead atoms. The van der Waals surface area contributed by atoms with Crippen LogP contribution in [0.4, 0.5) is 4.79 Å². The molecule has 1 rings (SSSR count). The number of amides is 2. The van der Waals surface area contributed by atoms with E-state index in [0.29, 0.717) is 32.5 Å². The number of hydrogen-bond donors (Lipinski definition) is 2. The number of carbonyl (C=O) groups excluding carboxylic acids is 1. The second-order valence-corrected chi connectivity index (χ2v) is 5.45. The fourth-order valence-electron chi connectivity index (χ4n) is 2.69. The summed E-state index contributed by atoms with van der Waals surface area (Å²) in [7, 11) is 0. The number of carboxylic acids is 1. The van der Waals surface area contributed by atoms with Crippen molar-refractivity contribution >= 4 is 12.0 Å². The van der Waals surface area contributed by atoms with Gasteiger partial charge in [0.25, 0.3) is 0 Å². The monoisotopic (exact) mass is 270 g/mol. The van der Waals surface area contributed by atoms with Crippen LogP contribution in [-0.4, -0.2) is 41.6 Å². The molecule has 0 aromatic carbocycles. The third-order valence-electron chi connectivity index (χ3n) is 3.88. The fraction of sp³-hybridized carbons (Fsp3) is 0.857. The Kier molecular flexibility index (Phi) is 6.12. The van der Waals surface area contributed by atoms with E-state index in [4.69, 9.17) is 0 Å². The summed E-state index contributed by atoms with van der Waals surface area (Å²) < 4.78 is 0. The van der Waals surface area contributed by atoms with Gasteiger partial charge >= 0.3 is 12.0 Å². The van der Waals surface area contributed by atoms with Crippen molar-refractivity contribution < 1.29 is 14.7 Å². The van der Waals surface area contributed by atoms with Gasteiger partial charge in [-0.25, -0.2) is 4.79 Å². The third kappa shape index (κ3) is 4.11. The van der Waals surface area contributed by atoms with Crippen LogP contribution in [0.5, 0.6) is 0 Å². The molecule has 0 saturated carbocycles. The number of rotatable bonds is 7. The Hall–Kier alpha value is -1.26. The third-order valence-corrected chi connectivity index (χ3v) is 3.88. The van der Waals surface area contributed by atoms with Crippen molar-refractivity contribution in [3.8, 4) is 0 Å². The van der Waals surface area contributed by atoms with Gasteiger partial charge in [0.1, 0.15) is 0 Å². The lowest BCUT2D eigenvalue weighted by Crippen LogP contribution is -2.42. The quantitative estimate of drug-likeness (QED) is 0.698. The lowest BCUT2D eigenvalue weighted by Gasteiger charge is -2.24. The Balaban J connectivity index is 2.45. The number of nitrogens with one attached hydrogen (secondary N) is 1. The van der Waals surface area contributed by atoms with Crippen LogP contribution in [0.15, 0.2) is 0 Å². The molecular formula is C14H26N2O3. The molecule has 0 spiro atoms. The number of hydrogen-bond acceptors (Lipinski definition) is 2. The van der Waals surface area contributed by atoms with Gasteiger partial charge in [0.15, 0.2) is 0 Å². The number of urea groups is 1. The normalized spacial score (nSPS) is 22.5. The molecule has 1 atom stereocenters. The van der Waals surface area contributed by atoms with Crippen LogP contribution in [-0.2, 0) is 4.79 Å². The van der Waals surface area contributed by atoms with Crippen molar-refractivity contribution in [2.75, 3.05) is 19.6 Å². The van der Waals surface area contributed by atoms with Crippen molar-refractivity contribution in [3.05, 3.63) is 0 Å². The summed E-state index contributed by atoms with van der Waals surface area (Å²) in [5, 5.41) is 12.3. The van der Waals surface area contributed by atoms with Gasteiger partial charge in [0.2, 0.25) is 0 Å². The van der Waals surface area contributed by atoms with Gasteiger partial charge in [-0.1, -0.05) is 33.1 Å². The molecule has 0 aromatic heterocycles. The van der Waals surface area contributed by atoms with Crippen molar-refractivity contribution in [2.24, 2.45) is 5.41 Å². The maximum Gasteiger partial charge on any atom is 0.317 e. The first-order valence-electron chi connectivity index (χ1n) is 7.32. The van der Waals surface area contributed by atoms with Gasteiger partial charge in [0, 0.05) is 19.6 Å². The average Bonchev–Trinajstić information content (AvgIpc) is 2.81. The van der Waals surface area contributed by atoms with Gasteiger partial charge in [-0.3, -0.25) is 4.79 Å². The zero-order valence-corrected chi connectivity index (χ0v) is 12.1. The summed E-state index contributed by atoms with van der Waals surface area (Å²) in [6.07, 6.45) is 5.25. The Morgan fingerprint density at radius 3 is 2.58 bits per heavy atom. The predicted octanol–water partition coefficient (Wildman–Crippen LogP) is 2.46. The van der Waals surface area contributed by atoms with E-state index in [-0.39, 0.29) is 6.03 Å². The Bertz CT molecular complexity index is 320.